The number of nitrogens with zero attached hydrogens (tertiary/aromatic N) is 3. The van der Waals surface area contributed by atoms with Crippen LogP contribution in [-0.4, -0.2) is 51.0 Å². The summed E-state index contributed by atoms with van der Waals surface area (Å²) in [5, 5.41) is 12.8. The average Bonchev–Trinajstić information content (AvgIpc) is 2.75. The molecule has 0 unspecified atom stereocenters. The van der Waals surface area contributed by atoms with E-state index in [0.29, 0.717) is 6.67 Å². The first-order chi connectivity index (χ1) is 8.84. The topological polar surface area (TPSA) is 42.0 Å². The number of fused-ring (bicyclic) bond motifs is 1. The summed E-state index contributed by atoms with van der Waals surface area (Å²) in [5.74, 6) is 0. The second kappa shape index (κ2) is 5.14. The molecule has 1 saturated heterocycles. The fourth-order valence-electron chi connectivity index (χ4n) is 2.53. The van der Waals surface area contributed by atoms with Gasteiger partial charge in [0, 0.05) is 26.2 Å². The first-order valence-electron chi connectivity index (χ1n) is 6.43. The van der Waals surface area contributed by atoms with E-state index in [-0.39, 0.29) is 0 Å². The van der Waals surface area contributed by atoms with Crippen molar-refractivity contribution in [3.8, 4) is 0 Å². The first kappa shape index (κ1) is 11.8. The third-order valence-corrected chi connectivity index (χ3v) is 3.58. The Morgan fingerprint density at radius 2 is 1.78 bits per heavy atom. The highest BCUT2D eigenvalue weighted by atomic mass is 16.5. The van der Waals surface area contributed by atoms with Crippen molar-refractivity contribution in [2.75, 3.05) is 56.0 Å². The predicted molar refractivity (Wildman–Crippen MR) is 71.8 cm³/mol. The van der Waals surface area contributed by atoms with Crippen LogP contribution in [0.5, 0.6) is 0 Å². The van der Waals surface area contributed by atoms with Gasteiger partial charge in [0.15, 0.2) is 0 Å². The standard InChI is InChI=1S/C13H18N3O2/c17-16-11-15(12-3-1-2-4-13(12)16)6-5-14-7-9-18-10-8-14/h1-4H,5-11H2/q-1. The molecule has 0 atom stereocenters. The molecule has 0 amide bonds. The van der Waals surface area contributed by atoms with Crippen LogP contribution in [0.25, 0.3) is 0 Å². The van der Waals surface area contributed by atoms with Crippen molar-refractivity contribution in [3.05, 3.63) is 29.5 Å². The van der Waals surface area contributed by atoms with Gasteiger partial charge in [-0.3, -0.25) is 4.90 Å². The lowest BCUT2D eigenvalue weighted by Crippen LogP contribution is -2.41. The van der Waals surface area contributed by atoms with Crippen LogP contribution in [0.1, 0.15) is 0 Å². The zero-order chi connectivity index (χ0) is 12.4. The Kier molecular flexibility index (Phi) is 3.36. The first-order valence-corrected chi connectivity index (χ1v) is 6.43. The normalized spacial score (nSPS) is 20.3. The van der Waals surface area contributed by atoms with E-state index < -0.39 is 0 Å². The highest BCUT2D eigenvalue weighted by Gasteiger charge is 2.20. The van der Waals surface area contributed by atoms with Crippen LogP contribution in [0.4, 0.5) is 11.4 Å². The Bertz CT molecular complexity index is 407. The summed E-state index contributed by atoms with van der Waals surface area (Å²) in [5.41, 5.74) is 1.85. The van der Waals surface area contributed by atoms with Crippen molar-refractivity contribution < 1.29 is 4.74 Å². The van der Waals surface area contributed by atoms with Gasteiger partial charge < -0.3 is 19.9 Å². The van der Waals surface area contributed by atoms with Crippen molar-refractivity contribution in [1.29, 1.82) is 0 Å². The minimum Gasteiger partial charge on any atom is -0.757 e. The molecule has 1 aromatic rings. The Morgan fingerprint density at radius 1 is 1.06 bits per heavy atom. The maximum atomic E-state index is 11.8. The fraction of sp³-hybridized carbons (Fsp3) is 0.538. The molecule has 2 aliphatic rings. The lowest BCUT2D eigenvalue weighted by Gasteiger charge is -2.30. The number of benzene rings is 1. The van der Waals surface area contributed by atoms with Crippen molar-refractivity contribution in [2.45, 2.75) is 0 Å². The molecule has 0 aliphatic carbocycles. The number of hydrogen-bond acceptors (Lipinski definition) is 5. The number of hydrogen-bond donors (Lipinski definition) is 0. The van der Waals surface area contributed by atoms with Crippen LogP contribution < -0.4 is 9.96 Å². The third-order valence-electron chi connectivity index (χ3n) is 3.58. The number of ether oxygens (including phenoxy) is 1. The van der Waals surface area contributed by atoms with E-state index in [4.69, 9.17) is 4.74 Å². The fourth-order valence-corrected chi connectivity index (χ4v) is 2.53. The predicted octanol–water partition coefficient (Wildman–Crippen LogP) is 1.10. The van der Waals surface area contributed by atoms with E-state index in [1.165, 1.54) is 0 Å². The van der Waals surface area contributed by atoms with Gasteiger partial charge in [-0.25, -0.2) is 0 Å². The van der Waals surface area contributed by atoms with Crippen LogP contribution in [0.15, 0.2) is 24.3 Å². The third kappa shape index (κ3) is 2.29. The maximum Gasteiger partial charge on any atom is 0.0801 e. The number of rotatable bonds is 3. The van der Waals surface area contributed by atoms with Crippen molar-refractivity contribution >= 4 is 11.4 Å². The summed E-state index contributed by atoms with van der Waals surface area (Å²) < 4.78 is 5.33. The molecule has 5 nitrogen and oxygen atoms in total. The van der Waals surface area contributed by atoms with Gasteiger partial charge in [0.05, 0.1) is 31.3 Å². The van der Waals surface area contributed by atoms with Crippen molar-refractivity contribution in [1.82, 2.24) is 4.90 Å². The molecule has 1 fully saturated rings. The molecule has 18 heavy (non-hydrogen) atoms. The molecule has 98 valence electrons. The van der Waals surface area contributed by atoms with Gasteiger partial charge in [-0.2, -0.15) is 0 Å². The zero-order valence-electron chi connectivity index (χ0n) is 10.4. The molecule has 5 heteroatoms. The maximum absolute atomic E-state index is 11.8. The van der Waals surface area contributed by atoms with Gasteiger partial charge in [-0.1, -0.05) is 12.1 Å². The van der Waals surface area contributed by atoms with Crippen LogP contribution in [0.2, 0.25) is 0 Å². The minimum atomic E-state index is 0.448. The molecule has 0 aromatic heterocycles. The van der Waals surface area contributed by atoms with Gasteiger partial charge in [-0.15, -0.1) is 0 Å². The Labute approximate surface area is 107 Å². The largest absolute Gasteiger partial charge is 0.757 e. The Balaban J connectivity index is 1.61. The summed E-state index contributed by atoms with van der Waals surface area (Å²) in [6, 6.07) is 7.80. The van der Waals surface area contributed by atoms with Crippen LogP contribution >= 0.6 is 0 Å². The van der Waals surface area contributed by atoms with Gasteiger partial charge in [0.25, 0.3) is 0 Å². The van der Waals surface area contributed by atoms with E-state index >= 15 is 0 Å². The molecule has 0 radical (unpaired) electrons. The number of hydroxylamine groups is 1. The van der Waals surface area contributed by atoms with E-state index in [1.54, 1.807) is 0 Å². The summed E-state index contributed by atoms with van der Waals surface area (Å²) in [6.45, 7) is 5.98. The molecular formula is C13H18N3O2-. The average molecular weight is 248 g/mol. The molecule has 3 rings (SSSR count). The SMILES string of the molecule is [O-]N1CN(CCN2CCOCC2)c2ccccc21. The van der Waals surface area contributed by atoms with E-state index in [1.807, 2.05) is 24.3 Å². The quantitative estimate of drug-likeness (QED) is 0.801. The second-order valence-electron chi connectivity index (χ2n) is 4.73. The molecule has 0 N–H and O–H groups in total. The number of morpholine rings is 1. The molecule has 0 spiro atoms. The molecule has 0 saturated carbocycles. The zero-order valence-corrected chi connectivity index (χ0v) is 10.4. The summed E-state index contributed by atoms with van der Waals surface area (Å²) in [7, 11) is 0. The summed E-state index contributed by atoms with van der Waals surface area (Å²) >= 11 is 0. The van der Waals surface area contributed by atoms with Gasteiger partial charge >= 0.3 is 0 Å². The molecule has 1 aromatic carbocycles. The second-order valence-corrected chi connectivity index (χ2v) is 4.73. The van der Waals surface area contributed by atoms with Crippen LogP contribution in [0.3, 0.4) is 0 Å². The van der Waals surface area contributed by atoms with Gasteiger partial charge in [0.1, 0.15) is 0 Å². The van der Waals surface area contributed by atoms with Crippen molar-refractivity contribution in [3.63, 3.8) is 0 Å². The van der Waals surface area contributed by atoms with Crippen molar-refractivity contribution in [2.24, 2.45) is 0 Å². The lowest BCUT2D eigenvalue weighted by atomic mass is 10.2. The van der Waals surface area contributed by atoms with E-state index in [9.17, 15) is 5.21 Å². The van der Waals surface area contributed by atoms with Crippen LogP contribution in [0, 0.1) is 5.21 Å². The Morgan fingerprint density at radius 3 is 2.56 bits per heavy atom. The molecule has 0 bridgehead atoms. The molecular weight excluding hydrogens is 230 g/mol. The van der Waals surface area contributed by atoms with Gasteiger partial charge in [-0.05, 0) is 12.1 Å². The van der Waals surface area contributed by atoms with Crippen LogP contribution in [-0.2, 0) is 4.74 Å². The van der Waals surface area contributed by atoms with E-state index in [2.05, 4.69) is 9.80 Å². The monoisotopic (exact) mass is 248 g/mol. The lowest BCUT2D eigenvalue weighted by molar-refractivity contribution is 0.0392. The van der Waals surface area contributed by atoms with E-state index in [0.717, 1.165) is 55.8 Å². The Hall–Kier alpha value is -1.30. The molecule has 2 aliphatic heterocycles. The highest BCUT2D eigenvalue weighted by molar-refractivity contribution is 5.76. The smallest absolute Gasteiger partial charge is 0.0801 e. The highest BCUT2D eigenvalue weighted by Crippen LogP contribution is 2.34. The minimum absolute atomic E-state index is 0.448. The molecule has 2 heterocycles. The number of anilines is 2. The summed E-state index contributed by atoms with van der Waals surface area (Å²) in [6.07, 6.45) is 0. The van der Waals surface area contributed by atoms with Gasteiger partial charge in [0.2, 0.25) is 0 Å². The summed E-state index contributed by atoms with van der Waals surface area (Å²) in [4.78, 5) is 4.54. The number of para-hydroxylation sites is 2.